The fraction of sp³-hybridized carbons (Fsp3) is 1.00. The lowest BCUT2D eigenvalue weighted by Gasteiger charge is -2.16. The van der Waals surface area contributed by atoms with E-state index in [-0.39, 0.29) is 0 Å². The van der Waals surface area contributed by atoms with Gasteiger partial charge in [0.15, 0.2) is 11.1 Å². The average molecular weight is 215 g/mol. The highest BCUT2D eigenvalue weighted by Gasteiger charge is 2.16. The van der Waals surface area contributed by atoms with Crippen molar-refractivity contribution in [1.29, 1.82) is 0 Å². The molecule has 12 heavy (non-hydrogen) atoms. The molecule has 0 aliphatic heterocycles. The van der Waals surface area contributed by atoms with Gasteiger partial charge in [0, 0.05) is 13.2 Å². The van der Waals surface area contributed by atoms with Gasteiger partial charge in [-0.05, 0) is 12.8 Å². The van der Waals surface area contributed by atoms with Crippen molar-refractivity contribution in [2.45, 2.75) is 37.8 Å². The maximum Gasteiger partial charge on any atom is 0.170 e. The summed E-state index contributed by atoms with van der Waals surface area (Å²) in [6.45, 7) is 5.26. The molecule has 2 atom stereocenters. The van der Waals surface area contributed by atoms with Crippen molar-refractivity contribution in [2.24, 2.45) is 0 Å². The third kappa shape index (κ3) is 6.06. The molecule has 0 N–H and O–H groups in total. The summed E-state index contributed by atoms with van der Waals surface area (Å²) in [4.78, 5) is 0. The smallest absolute Gasteiger partial charge is 0.170 e. The third-order valence-electron chi connectivity index (χ3n) is 1.17. The number of rotatable bonds is 7. The maximum atomic E-state index is 5.77. The zero-order valence-electron chi connectivity index (χ0n) is 7.56. The van der Waals surface area contributed by atoms with Gasteiger partial charge in [-0.2, -0.15) is 0 Å². The van der Waals surface area contributed by atoms with Gasteiger partial charge >= 0.3 is 0 Å². The summed E-state index contributed by atoms with van der Waals surface area (Å²) in [6, 6.07) is 0. The van der Waals surface area contributed by atoms with Crippen LogP contribution in [-0.2, 0) is 9.47 Å². The Morgan fingerprint density at radius 2 is 1.25 bits per heavy atom. The summed E-state index contributed by atoms with van der Waals surface area (Å²) in [7, 11) is 0. The van der Waals surface area contributed by atoms with Crippen LogP contribution in [-0.4, -0.2) is 24.3 Å². The van der Waals surface area contributed by atoms with Gasteiger partial charge < -0.3 is 9.47 Å². The highest BCUT2D eigenvalue weighted by molar-refractivity contribution is 6.28. The van der Waals surface area contributed by atoms with Crippen LogP contribution in [0.4, 0.5) is 0 Å². The molecule has 0 amide bonds. The Labute approximate surface area is 84.1 Å². The van der Waals surface area contributed by atoms with Gasteiger partial charge in [0.25, 0.3) is 0 Å². The molecule has 0 spiro atoms. The zero-order chi connectivity index (χ0) is 9.40. The molecule has 0 saturated carbocycles. The molecule has 0 aromatic rings. The quantitative estimate of drug-likeness (QED) is 0.608. The molecule has 0 heterocycles. The molecule has 0 aliphatic rings. The highest BCUT2D eigenvalue weighted by Crippen LogP contribution is 2.13. The Kier molecular flexibility index (Phi) is 8.45. The van der Waals surface area contributed by atoms with Crippen LogP contribution in [0, 0.1) is 0 Å². The van der Waals surface area contributed by atoms with Crippen molar-refractivity contribution in [3.8, 4) is 0 Å². The summed E-state index contributed by atoms with van der Waals surface area (Å²) < 4.78 is 10.3. The van der Waals surface area contributed by atoms with Crippen LogP contribution >= 0.6 is 23.2 Å². The molecule has 0 fully saturated rings. The van der Waals surface area contributed by atoms with Crippen molar-refractivity contribution in [2.75, 3.05) is 13.2 Å². The molecule has 0 aromatic carbocycles. The molecule has 0 aliphatic carbocycles. The SMILES string of the molecule is CCCOC(Cl)C(Cl)OCCC. The molecular formula is C8H16Cl2O2. The van der Waals surface area contributed by atoms with Crippen LogP contribution in [0.1, 0.15) is 26.7 Å². The first-order chi connectivity index (χ1) is 5.72. The van der Waals surface area contributed by atoms with Gasteiger partial charge in [-0.25, -0.2) is 0 Å². The second-order valence-corrected chi connectivity index (χ2v) is 3.30. The van der Waals surface area contributed by atoms with Gasteiger partial charge in [0.2, 0.25) is 0 Å². The summed E-state index contributed by atoms with van der Waals surface area (Å²) in [5.74, 6) is 0. The predicted octanol–water partition coefficient (Wildman–Crippen LogP) is 2.97. The van der Waals surface area contributed by atoms with Gasteiger partial charge in [0.1, 0.15) is 0 Å². The second-order valence-electron chi connectivity index (χ2n) is 2.44. The van der Waals surface area contributed by atoms with Gasteiger partial charge in [-0.1, -0.05) is 37.0 Å². The van der Waals surface area contributed by atoms with E-state index in [0.717, 1.165) is 12.8 Å². The lowest BCUT2D eigenvalue weighted by atomic mass is 10.5. The number of ether oxygens (including phenoxy) is 2. The van der Waals surface area contributed by atoms with E-state index in [4.69, 9.17) is 32.7 Å². The maximum absolute atomic E-state index is 5.77. The molecular weight excluding hydrogens is 199 g/mol. The lowest BCUT2D eigenvalue weighted by Crippen LogP contribution is -2.22. The normalized spacial score (nSPS) is 16.0. The van der Waals surface area contributed by atoms with Crippen LogP contribution in [0.25, 0.3) is 0 Å². The molecule has 2 unspecified atom stereocenters. The molecule has 0 bridgehead atoms. The Morgan fingerprint density at radius 3 is 1.50 bits per heavy atom. The summed E-state index contributed by atoms with van der Waals surface area (Å²) in [5, 5.41) is 0. The molecule has 0 radical (unpaired) electrons. The minimum absolute atomic E-state index is 0.543. The van der Waals surface area contributed by atoms with Crippen molar-refractivity contribution < 1.29 is 9.47 Å². The Bertz CT molecular complexity index is 89.1. The minimum atomic E-state index is -0.543. The topological polar surface area (TPSA) is 18.5 Å². The molecule has 4 heteroatoms. The van der Waals surface area contributed by atoms with E-state index >= 15 is 0 Å². The Morgan fingerprint density at radius 1 is 0.917 bits per heavy atom. The number of alkyl halides is 2. The summed E-state index contributed by atoms with van der Waals surface area (Å²) >= 11 is 11.5. The van der Waals surface area contributed by atoms with Crippen LogP contribution < -0.4 is 0 Å². The standard InChI is InChI=1S/C8H16Cl2O2/c1-3-5-11-7(9)8(10)12-6-4-2/h7-8H,3-6H2,1-2H3. The van der Waals surface area contributed by atoms with E-state index in [0.29, 0.717) is 13.2 Å². The van der Waals surface area contributed by atoms with Crippen molar-refractivity contribution >= 4 is 23.2 Å². The fourth-order valence-electron chi connectivity index (χ4n) is 0.612. The highest BCUT2D eigenvalue weighted by atomic mass is 35.5. The Balaban J connectivity index is 3.39. The molecule has 0 aromatic heterocycles. The summed E-state index contributed by atoms with van der Waals surface area (Å²) in [6.07, 6.45) is 1.86. The van der Waals surface area contributed by atoms with Gasteiger partial charge in [-0.3, -0.25) is 0 Å². The third-order valence-corrected chi connectivity index (χ3v) is 2.01. The predicted molar refractivity (Wildman–Crippen MR) is 51.8 cm³/mol. The number of hydrogen-bond acceptors (Lipinski definition) is 2. The monoisotopic (exact) mass is 214 g/mol. The minimum Gasteiger partial charge on any atom is -0.358 e. The van der Waals surface area contributed by atoms with E-state index in [9.17, 15) is 0 Å². The number of hydrogen-bond donors (Lipinski definition) is 0. The van der Waals surface area contributed by atoms with Crippen molar-refractivity contribution in [1.82, 2.24) is 0 Å². The molecule has 74 valence electrons. The van der Waals surface area contributed by atoms with Crippen LogP contribution in [0.15, 0.2) is 0 Å². The van der Waals surface area contributed by atoms with E-state index in [1.165, 1.54) is 0 Å². The first-order valence-corrected chi connectivity index (χ1v) is 5.11. The average Bonchev–Trinajstić information content (AvgIpc) is 2.10. The van der Waals surface area contributed by atoms with Crippen LogP contribution in [0.5, 0.6) is 0 Å². The van der Waals surface area contributed by atoms with Gasteiger partial charge in [0.05, 0.1) is 0 Å². The first kappa shape index (κ1) is 12.5. The van der Waals surface area contributed by atoms with Crippen molar-refractivity contribution in [3.63, 3.8) is 0 Å². The molecule has 2 nitrogen and oxygen atoms in total. The van der Waals surface area contributed by atoms with E-state index in [2.05, 4.69) is 0 Å². The fourth-order valence-corrected chi connectivity index (χ4v) is 0.936. The second kappa shape index (κ2) is 8.11. The van der Waals surface area contributed by atoms with Crippen molar-refractivity contribution in [3.05, 3.63) is 0 Å². The largest absolute Gasteiger partial charge is 0.358 e. The van der Waals surface area contributed by atoms with Crippen LogP contribution in [0.2, 0.25) is 0 Å². The molecule has 0 saturated heterocycles. The van der Waals surface area contributed by atoms with E-state index < -0.39 is 11.1 Å². The van der Waals surface area contributed by atoms with Gasteiger partial charge in [-0.15, -0.1) is 0 Å². The van der Waals surface area contributed by atoms with Crippen LogP contribution in [0.3, 0.4) is 0 Å². The molecule has 0 rings (SSSR count). The lowest BCUT2D eigenvalue weighted by molar-refractivity contribution is 0.00374. The van der Waals surface area contributed by atoms with E-state index in [1.807, 2.05) is 13.8 Å². The van der Waals surface area contributed by atoms with E-state index in [1.54, 1.807) is 0 Å². The Hall–Kier alpha value is 0.500. The zero-order valence-corrected chi connectivity index (χ0v) is 9.07. The number of halogens is 2. The summed E-state index contributed by atoms with van der Waals surface area (Å²) in [5.41, 5.74) is -1.09. The first-order valence-electron chi connectivity index (χ1n) is 4.23.